The number of benzene rings is 3. The van der Waals surface area contributed by atoms with Crippen LogP contribution in [0.1, 0.15) is 34.0 Å². The highest BCUT2D eigenvalue weighted by molar-refractivity contribution is 8.04. The van der Waals surface area contributed by atoms with E-state index < -0.39 is 0 Å². The van der Waals surface area contributed by atoms with Crippen molar-refractivity contribution in [3.05, 3.63) is 100.0 Å². The Hall–Kier alpha value is -3.35. The van der Waals surface area contributed by atoms with Gasteiger partial charge in [-0.05, 0) is 60.5 Å². The molecule has 1 fully saturated rings. The van der Waals surface area contributed by atoms with Gasteiger partial charge in [0, 0.05) is 36.6 Å². The summed E-state index contributed by atoms with van der Waals surface area (Å²) in [5, 5.41) is 0. The minimum Gasteiger partial charge on any atom is -0.336 e. The highest BCUT2D eigenvalue weighted by Crippen LogP contribution is 2.42. The van der Waals surface area contributed by atoms with Gasteiger partial charge < -0.3 is 14.7 Å². The molecule has 2 amide bonds. The molecule has 5 nitrogen and oxygen atoms in total. The number of carbonyl (C=O) groups excluding carboxylic acids is 2. The smallest absolute Gasteiger partial charge is 0.265 e. The van der Waals surface area contributed by atoms with Crippen molar-refractivity contribution in [2.24, 2.45) is 0 Å². The topological polar surface area (TPSA) is 43.9 Å². The van der Waals surface area contributed by atoms with Gasteiger partial charge in [0.25, 0.3) is 11.8 Å². The normalized spacial score (nSPS) is 17.4. The minimum atomic E-state index is -0.00380. The molecule has 0 aliphatic carbocycles. The number of anilines is 1. The molecule has 1 saturated heterocycles. The molecular formula is C30H31N3O2S. The Bertz CT molecular complexity index is 1290. The van der Waals surface area contributed by atoms with Gasteiger partial charge in [-0.2, -0.15) is 0 Å². The van der Waals surface area contributed by atoms with Crippen molar-refractivity contribution in [2.75, 3.05) is 37.6 Å². The molecule has 0 unspecified atom stereocenters. The average Bonchev–Trinajstić information content (AvgIpc) is 2.92. The van der Waals surface area contributed by atoms with Crippen molar-refractivity contribution in [3.8, 4) is 0 Å². The van der Waals surface area contributed by atoms with Crippen molar-refractivity contribution < 1.29 is 9.59 Å². The molecule has 6 heteroatoms. The van der Waals surface area contributed by atoms with E-state index in [2.05, 4.69) is 36.9 Å². The summed E-state index contributed by atoms with van der Waals surface area (Å²) in [6.07, 6.45) is 1.93. The average molecular weight is 498 g/mol. The number of fused-ring (bicyclic) bond motifs is 1. The number of nitrogens with zero attached hydrogens (tertiary/aromatic N) is 3. The number of likely N-dealkylation sites (N-methyl/N-ethyl adjacent to an activating group) is 1. The fourth-order valence-electron chi connectivity index (χ4n) is 4.70. The zero-order valence-electron chi connectivity index (χ0n) is 20.8. The lowest BCUT2D eigenvalue weighted by molar-refractivity contribution is -0.114. The summed E-state index contributed by atoms with van der Waals surface area (Å²) in [6, 6.07) is 23.9. The van der Waals surface area contributed by atoms with Crippen LogP contribution in [-0.4, -0.2) is 54.3 Å². The lowest BCUT2D eigenvalue weighted by Crippen LogP contribution is -2.48. The van der Waals surface area contributed by atoms with Crippen molar-refractivity contribution in [1.82, 2.24) is 9.80 Å². The van der Waals surface area contributed by atoms with Crippen LogP contribution in [0, 0.1) is 6.92 Å². The Morgan fingerprint density at radius 1 is 0.917 bits per heavy atom. The number of rotatable bonds is 5. The summed E-state index contributed by atoms with van der Waals surface area (Å²) in [7, 11) is 0. The van der Waals surface area contributed by atoms with Crippen LogP contribution in [0.4, 0.5) is 5.69 Å². The molecule has 0 bridgehead atoms. The molecule has 3 aromatic rings. The SMILES string of the molecule is CCN1CCN(C(=O)c2ccc(/C=C3/Sc4ccccc4N(Cc4ccccc4C)C3=O)cc2)CC1. The number of para-hydroxylation sites is 1. The first-order valence-electron chi connectivity index (χ1n) is 12.5. The summed E-state index contributed by atoms with van der Waals surface area (Å²) in [5.41, 5.74) is 4.85. The zero-order valence-corrected chi connectivity index (χ0v) is 21.6. The van der Waals surface area contributed by atoms with Crippen molar-refractivity contribution in [3.63, 3.8) is 0 Å². The fourth-order valence-corrected chi connectivity index (χ4v) is 5.76. The van der Waals surface area contributed by atoms with Gasteiger partial charge in [-0.15, -0.1) is 0 Å². The quantitative estimate of drug-likeness (QED) is 0.440. The number of thioether (sulfide) groups is 1. The molecule has 2 heterocycles. The van der Waals surface area contributed by atoms with E-state index in [9.17, 15) is 9.59 Å². The molecule has 2 aliphatic rings. The van der Waals surface area contributed by atoms with E-state index in [1.54, 1.807) is 0 Å². The van der Waals surface area contributed by atoms with Crippen molar-refractivity contribution in [1.29, 1.82) is 0 Å². The Labute approximate surface area is 217 Å². The minimum absolute atomic E-state index is 0.00380. The predicted molar refractivity (Wildman–Crippen MR) is 147 cm³/mol. The largest absolute Gasteiger partial charge is 0.336 e. The number of piperazine rings is 1. The fraction of sp³-hybridized carbons (Fsp3) is 0.267. The monoisotopic (exact) mass is 497 g/mol. The summed E-state index contributed by atoms with van der Waals surface area (Å²) in [6.45, 7) is 9.15. The van der Waals surface area contributed by atoms with Gasteiger partial charge in [0.15, 0.2) is 0 Å². The third kappa shape index (κ3) is 5.11. The highest BCUT2D eigenvalue weighted by Gasteiger charge is 2.29. The Morgan fingerprint density at radius 3 is 2.33 bits per heavy atom. The first-order chi connectivity index (χ1) is 17.5. The van der Waals surface area contributed by atoms with Crippen LogP contribution in [-0.2, 0) is 11.3 Å². The summed E-state index contributed by atoms with van der Waals surface area (Å²) in [5.74, 6) is 0.0716. The number of aryl methyl sites for hydroxylation is 1. The van der Waals surface area contributed by atoms with E-state index in [4.69, 9.17) is 0 Å². The first kappa shape index (κ1) is 24.3. The molecular weight excluding hydrogens is 466 g/mol. The van der Waals surface area contributed by atoms with Crippen LogP contribution >= 0.6 is 11.8 Å². The maximum Gasteiger partial charge on any atom is 0.265 e. The highest BCUT2D eigenvalue weighted by atomic mass is 32.2. The Morgan fingerprint density at radius 2 is 1.61 bits per heavy atom. The molecule has 3 aromatic carbocycles. The number of hydrogen-bond acceptors (Lipinski definition) is 4. The van der Waals surface area contributed by atoms with Gasteiger partial charge in [0.1, 0.15) is 0 Å². The van der Waals surface area contributed by atoms with Crippen LogP contribution in [0.5, 0.6) is 0 Å². The second kappa shape index (κ2) is 10.7. The van der Waals surface area contributed by atoms with Gasteiger partial charge in [-0.3, -0.25) is 9.59 Å². The van der Waals surface area contributed by atoms with Crippen LogP contribution < -0.4 is 4.90 Å². The van der Waals surface area contributed by atoms with Gasteiger partial charge >= 0.3 is 0 Å². The number of hydrogen-bond donors (Lipinski definition) is 0. The van der Waals surface area contributed by atoms with E-state index in [0.29, 0.717) is 17.0 Å². The lowest BCUT2D eigenvalue weighted by atomic mass is 10.1. The molecule has 36 heavy (non-hydrogen) atoms. The molecule has 0 atom stereocenters. The van der Waals surface area contributed by atoms with Crippen molar-refractivity contribution in [2.45, 2.75) is 25.3 Å². The van der Waals surface area contributed by atoms with E-state index in [-0.39, 0.29) is 11.8 Å². The van der Waals surface area contributed by atoms with E-state index in [1.807, 2.05) is 70.5 Å². The van der Waals surface area contributed by atoms with Gasteiger partial charge in [0.05, 0.1) is 17.1 Å². The summed E-state index contributed by atoms with van der Waals surface area (Å²) < 4.78 is 0. The van der Waals surface area contributed by atoms with Crippen LogP contribution in [0.2, 0.25) is 0 Å². The van der Waals surface area contributed by atoms with Crippen LogP contribution in [0.15, 0.2) is 82.6 Å². The maximum absolute atomic E-state index is 13.6. The first-order valence-corrected chi connectivity index (χ1v) is 13.3. The Balaban J connectivity index is 1.36. The van der Waals surface area contributed by atoms with Crippen molar-refractivity contribution >= 4 is 35.3 Å². The summed E-state index contributed by atoms with van der Waals surface area (Å²) >= 11 is 1.50. The molecule has 0 spiro atoms. The molecule has 0 aromatic heterocycles. The molecule has 2 aliphatic heterocycles. The molecule has 184 valence electrons. The molecule has 5 rings (SSSR count). The summed E-state index contributed by atoms with van der Waals surface area (Å²) in [4.78, 5) is 34.5. The molecule has 0 radical (unpaired) electrons. The standard InChI is InChI=1S/C30H31N3O2S/c1-3-31-16-18-32(19-17-31)29(34)24-14-12-23(13-15-24)20-28-30(35)33(21-25-9-5-4-8-22(25)2)26-10-6-7-11-27(26)36-28/h4-15,20H,3,16-19,21H2,1-2H3/b28-20+. The third-order valence-corrected chi connectivity index (χ3v) is 8.06. The number of amides is 2. The van der Waals surface area contributed by atoms with E-state index in [0.717, 1.165) is 54.4 Å². The molecule has 0 N–H and O–H groups in total. The second-order valence-corrected chi connectivity index (χ2v) is 10.3. The Kier molecular flexibility index (Phi) is 7.25. The zero-order chi connectivity index (χ0) is 25.1. The van der Waals surface area contributed by atoms with Crippen LogP contribution in [0.25, 0.3) is 6.08 Å². The van der Waals surface area contributed by atoms with Gasteiger partial charge in [0.2, 0.25) is 0 Å². The van der Waals surface area contributed by atoms with E-state index >= 15 is 0 Å². The number of carbonyl (C=O) groups is 2. The second-order valence-electron chi connectivity index (χ2n) is 9.24. The lowest BCUT2D eigenvalue weighted by Gasteiger charge is -2.34. The predicted octanol–water partition coefficient (Wildman–Crippen LogP) is 5.45. The maximum atomic E-state index is 13.6. The van der Waals surface area contributed by atoms with Gasteiger partial charge in [-0.1, -0.05) is 67.2 Å². The third-order valence-electron chi connectivity index (χ3n) is 6.98. The van der Waals surface area contributed by atoms with E-state index in [1.165, 1.54) is 17.3 Å². The molecule has 0 saturated carbocycles. The van der Waals surface area contributed by atoms with Crippen LogP contribution in [0.3, 0.4) is 0 Å². The van der Waals surface area contributed by atoms with Gasteiger partial charge in [-0.25, -0.2) is 0 Å².